The summed E-state index contributed by atoms with van der Waals surface area (Å²) in [5.74, 6) is 0.406. The van der Waals surface area contributed by atoms with Crippen LogP contribution in [0.1, 0.15) is 25.7 Å². The number of aromatic amines is 1. The number of carbonyl (C=O) groups is 2. The van der Waals surface area contributed by atoms with Gasteiger partial charge in [0.05, 0.1) is 19.4 Å². The van der Waals surface area contributed by atoms with Crippen LogP contribution in [-0.4, -0.2) is 80.6 Å². The maximum absolute atomic E-state index is 12.4. The number of carboxylic acid groups (broad SMARTS) is 1. The molecule has 2 fully saturated rings. The van der Waals surface area contributed by atoms with Gasteiger partial charge in [-0.25, -0.2) is 15.0 Å². The molecule has 2 aromatic heterocycles. The quantitative estimate of drug-likeness (QED) is 0.558. The molecule has 0 unspecified atom stereocenters. The number of carboxylic acids is 1. The summed E-state index contributed by atoms with van der Waals surface area (Å²) < 4.78 is 0. The maximum atomic E-state index is 12.4. The zero-order chi connectivity index (χ0) is 19.7. The predicted molar refractivity (Wildman–Crippen MR) is 102 cm³/mol. The van der Waals surface area contributed by atoms with Crippen LogP contribution < -0.4 is 10.2 Å². The number of aromatic nitrogens is 4. The highest BCUT2D eigenvalue weighted by molar-refractivity contribution is 5.87. The lowest BCUT2D eigenvalue weighted by atomic mass is 9.85. The monoisotopic (exact) mass is 387 g/mol. The number of hydrogen-bond acceptors (Lipinski definition) is 7. The maximum Gasteiger partial charge on any atom is 0.317 e. The Balaban J connectivity index is 1.27. The van der Waals surface area contributed by atoms with Crippen LogP contribution in [0.4, 0.5) is 5.82 Å². The van der Waals surface area contributed by atoms with Crippen LogP contribution in [-0.2, 0) is 9.59 Å². The van der Waals surface area contributed by atoms with Gasteiger partial charge in [-0.2, -0.15) is 0 Å². The number of imidazole rings is 1. The Morgan fingerprint density at radius 2 is 2.04 bits per heavy atom. The molecule has 10 nitrogen and oxygen atoms in total. The first-order chi connectivity index (χ1) is 13.5. The third kappa shape index (κ3) is 4.22. The summed E-state index contributed by atoms with van der Waals surface area (Å²) in [6.45, 7) is 1.11. The van der Waals surface area contributed by atoms with E-state index >= 15 is 0 Å². The van der Waals surface area contributed by atoms with Crippen molar-refractivity contribution in [2.24, 2.45) is 5.92 Å². The van der Waals surface area contributed by atoms with E-state index < -0.39 is 5.97 Å². The van der Waals surface area contributed by atoms with Crippen LogP contribution >= 0.6 is 0 Å². The van der Waals surface area contributed by atoms with Crippen molar-refractivity contribution in [1.29, 1.82) is 0 Å². The Morgan fingerprint density at radius 3 is 2.75 bits per heavy atom. The molecular weight excluding hydrogens is 362 g/mol. The third-order valence-electron chi connectivity index (χ3n) is 5.47. The normalized spacial score (nSPS) is 21.5. The second kappa shape index (κ2) is 7.70. The van der Waals surface area contributed by atoms with E-state index in [2.05, 4.69) is 30.2 Å². The molecule has 0 aromatic carbocycles. The summed E-state index contributed by atoms with van der Waals surface area (Å²) in [5.41, 5.74) is 1.26. The van der Waals surface area contributed by atoms with Gasteiger partial charge in [0.2, 0.25) is 5.91 Å². The minimum absolute atomic E-state index is 0.0794. The van der Waals surface area contributed by atoms with Crippen molar-refractivity contribution in [2.75, 3.05) is 31.6 Å². The largest absolute Gasteiger partial charge is 0.480 e. The molecule has 0 saturated heterocycles. The number of rotatable bonds is 9. The Hall–Kier alpha value is -2.75. The average molecular weight is 387 g/mol. The van der Waals surface area contributed by atoms with E-state index in [0.717, 1.165) is 19.4 Å². The highest BCUT2D eigenvalue weighted by atomic mass is 16.4. The molecule has 0 spiro atoms. The molecule has 2 aliphatic carbocycles. The van der Waals surface area contributed by atoms with Crippen molar-refractivity contribution in [3.63, 3.8) is 0 Å². The Labute approximate surface area is 162 Å². The lowest BCUT2D eigenvalue weighted by Crippen LogP contribution is -2.56. The Bertz CT molecular complexity index is 860. The molecule has 3 N–H and O–H groups in total. The SMILES string of the molecule is CN(CC(=O)NC1CC(N(CC(=O)O)CC2CC2)C1)c1ncnc2nc[nH]c12. The average Bonchev–Trinajstić information content (AvgIpc) is 3.28. The minimum Gasteiger partial charge on any atom is -0.480 e. The van der Waals surface area contributed by atoms with Crippen molar-refractivity contribution in [2.45, 2.75) is 37.8 Å². The van der Waals surface area contributed by atoms with E-state index in [4.69, 9.17) is 5.11 Å². The minimum atomic E-state index is -0.787. The van der Waals surface area contributed by atoms with Crippen molar-refractivity contribution in [3.05, 3.63) is 12.7 Å². The number of carbonyl (C=O) groups excluding carboxylic acids is 1. The van der Waals surface area contributed by atoms with E-state index in [1.54, 1.807) is 18.3 Å². The summed E-state index contributed by atoms with van der Waals surface area (Å²) in [6, 6.07) is 0.338. The second-order valence-electron chi connectivity index (χ2n) is 7.81. The zero-order valence-electron chi connectivity index (χ0n) is 15.8. The second-order valence-corrected chi connectivity index (χ2v) is 7.81. The van der Waals surface area contributed by atoms with E-state index in [0.29, 0.717) is 22.9 Å². The fourth-order valence-electron chi connectivity index (χ4n) is 3.76. The number of likely N-dealkylation sites (N-methyl/N-ethyl adjacent to an activating group) is 1. The first-order valence-corrected chi connectivity index (χ1v) is 9.60. The van der Waals surface area contributed by atoms with Crippen LogP contribution in [0, 0.1) is 5.92 Å². The molecule has 2 aliphatic rings. The number of amides is 1. The van der Waals surface area contributed by atoms with Crippen LogP contribution in [0.2, 0.25) is 0 Å². The van der Waals surface area contributed by atoms with Gasteiger partial charge in [0.25, 0.3) is 0 Å². The van der Waals surface area contributed by atoms with E-state index in [1.165, 1.54) is 19.2 Å². The third-order valence-corrected chi connectivity index (χ3v) is 5.47. The molecule has 10 heteroatoms. The van der Waals surface area contributed by atoms with E-state index in [-0.39, 0.29) is 31.1 Å². The molecule has 2 saturated carbocycles. The first kappa shape index (κ1) is 18.6. The summed E-state index contributed by atoms with van der Waals surface area (Å²) >= 11 is 0. The van der Waals surface area contributed by atoms with Crippen LogP contribution in [0.3, 0.4) is 0 Å². The van der Waals surface area contributed by atoms with Gasteiger partial charge in [-0.15, -0.1) is 0 Å². The standard InChI is InChI=1S/C18H25N7O3/c1-24(18-16-17(20-9-19-16)21-10-22-18)7-14(26)23-12-4-13(5-12)25(8-15(27)28)6-11-2-3-11/h9-13H,2-8H2,1H3,(H,23,26)(H,27,28)(H,19,20,21,22). The molecule has 28 heavy (non-hydrogen) atoms. The fraction of sp³-hybridized carbons (Fsp3) is 0.611. The van der Waals surface area contributed by atoms with Gasteiger partial charge < -0.3 is 20.3 Å². The molecule has 0 radical (unpaired) electrons. The smallest absolute Gasteiger partial charge is 0.317 e. The highest BCUT2D eigenvalue weighted by Crippen LogP contribution is 2.33. The number of nitrogens with zero attached hydrogens (tertiary/aromatic N) is 5. The zero-order valence-corrected chi connectivity index (χ0v) is 15.8. The molecule has 0 aliphatic heterocycles. The lowest BCUT2D eigenvalue weighted by molar-refractivity contribution is -0.140. The first-order valence-electron chi connectivity index (χ1n) is 9.60. The summed E-state index contributed by atoms with van der Waals surface area (Å²) in [5, 5.41) is 12.2. The molecule has 150 valence electrons. The van der Waals surface area contributed by atoms with Crippen molar-refractivity contribution < 1.29 is 14.7 Å². The lowest BCUT2D eigenvalue weighted by Gasteiger charge is -2.42. The van der Waals surface area contributed by atoms with Gasteiger partial charge in [-0.05, 0) is 31.6 Å². The number of fused-ring (bicyclic) bond motifs is 1. The molecule has 4 rings (SSSR count). The topological polar surface area (TPSA) is 127 Å². The number of hydrogen-bond donors (Lipinski definition) is 3. The van der Waals surface area contributed by atoms with Crippen molar-refractivity contribution >= 4 is 28.9 Å². The molecular formula is C18H25N7O3. The fourth-order valence-corrected chi connectivity index (χ4v) is 3.76. The van der Waals surface area contributed by atoms with Gasteiger partial charge in [-0.3, -0.25) is 14.5 Å². The molecule has 2 aromatic rings. The number of H-pyrrole nitrogens is 1. The molecule has 0 bridgehead atoms. The molecule has 2 heterocycles. The van der Waals surface area contributed by atoms with E-state index in [1.807, 2.05) is 0 Å². The predicted octanol–water partition coefficient (Wildman–Crippen LogP) is 0.233. The number of nitrogens with one attached hydrogen (secondary N) is 2. The molecule has 1 amide bonds. The molecule has 0 atom stereocenters. The summed E-state index contributed by atoms with van der Waals surface area (Å²) in [4.78, 5) is 42.8. The van der Waals surface area contributed by atoms with Gasteiger partial charge in [0.15, 0.2) is 11.5 Å². The summed E-state index contributed by atoms with van der Waals surface area (Å²) in [6.07, 6.45) is 6.97. The number of aliphatic carboxylic acids is 1. The Kier molecular flexibility index (Phi) is 5.12. The van der Waals surface area contributed by atoms with Gasteiger partial charge in [0.1, 0.15) is 11.8 Å². The van der Waals surface area contributed by atoms with Crippen LogP contribution in [0.25, 0.3) is 11.2 Å². The Morgan fingerprint density at radius 1 is 1.25 bits per heavy atom. The summed E-state index contributed by atoms with van der Waals surface area (Å²) in [7, 11) is 1.80. The van der Waals surface area contributed by atoms with Crippen LogP contribution in [0.15, 0.2) is 12.7 Å². The number of anilines is 1. The van der Waals surface area contributed by atoms with Gasteiger partial charge >= 0.3 is 5.97 Å². The van der Waals surface area contributed by atoms with E-state index in [9.17, 15) is 9.59 Å². The van der Waals surface area contributed by atoms with Gasteiger partial charge in [0, 0.05) is 25.7 Å². The van der Waals surface area contributed by atoms with Crippen molar-refractivity contribution in [1.82, 2.24) is 30.2 Å². The van der Waals surface area contributed by atoms with Crippen molar-refractivity contribution in [3.8, 4) is 0 Å². The van der Waals surface area contributed by atoms with Crippen LogP contribution in [0.5, 0.6) is 0 Å². The highest BCUT2D eigenvalue weighted by Gasteiger charge is 2.37. The van der Waals surface area contributed by atoms with Gasteiger partial charge in [-0.1, -0.05) is 0 Å².